The Morgan fingerprint density at radius 3 is 1.13 bits per heavy atom. The van der Waals surface area contributed by atoms with Gasteiger partial charge in [-0.3, -0.25) is 9.59 Å². The summed E-state index contributed by atoms with van der Waals surface area (Å²) in [5, 5.41) is 24.0. The molecule has 6 nitrogen and oxygen atoms in total. The van der Waals surface area contributed by atoms with Crippen molar-refractivity contribution in [2.24, 2.45) is 0 Å². The Balaban J connectivity index is 4.53. The molecule has 0 aliphatic carbocycles. The van der Waals surface area contributed by atoms with Gasteiger partial charge in [-0.15, -0.1) is 0 Å². The Hall–Kier alpha value is -1.92. The molecule has 0 aromatic rings. The van der Waals surface area contributed by atoms with Crippen LogP contribution in [0.1, 0.15) is 335 Å². The van der Waals surface area contributed by atoms with Crippen molar-refractivity contribution in [2.75, 3.05) is 6.61 Å². The van der Waals surface area contributed by atoms with Gasteiger partial charge in [0.1, 0.15) is 6.10 Å². The number of nitrogens with one attached hydrogen (secondary N) is 1. The zero-order valence-corrected chi connectivity index (χ0v) is 47.2. The lowest BCUT2D eigenvalue weighted by molar-refractivity contribution is -0.151. The van der Waals surface area contributed by atoms with Crippen LogP contribution in [0.25, 0.3) is 0 Å². The molecule has 1 amide bonds. The summed E-state index contributed by atoms with van der Waals surface area (Å²) in [6.45, 7) is 6.50. The van der Waals surface area contributed by atoms with Gasteiger partial charge in [0.15, 0.2) is 0 Å². The lowest BCUT2D eigenvalue weighted by Crippen LogP contribution is -2.46. The van der Waals surface area contributed by atoms with E-state index in [1.54, 1.807) is 0 Å². The average molecular weight is 985 g/mol. The molecule has 6 heteroatoms. The van der Waals surface area contributed by atoms with Crippen LogP contribution in [0.5, 0.6) is 0 Å². The average Bonchev–Trinajstić information content (AvgIpc) is 3.35. The molecule has 0 saturated carbocycles. The maximum Gasteiger partial charge on any atom is 0.306 e. The molecule has 0 fully saturated rings. The van der Waals surface area contributed by atoms with Crippen molar-refractivity contribution < 1.29 is 24.5 Å². The van der Waals surface area contributed by atoms with Gasteiger partial charge in [-0.2, -0.15) is 0 Å². The SMILES string of the molecule is CCCCC/C=C\C/C=C\CCCCCCCCCCCC(=O)OC(CCCCCCCCC/C=C/CCCCCCCC)CC(=O)NC(CO)C(O)CCCCCCCCCCCCCCCCC. The number of aliphatic hydroxyl groups excluding tert-OH is 2. The van der Waals surface area contributed by atoms with E-state index in [-0.39, 0.29) is 24.9 Å². The number of hydrogen-bond acceptors (Lipinski definition) is 5. The van der Waals surface area contributed by atoms with Crippen LogP contribution >= 0.6 is 0 Å². The number of rotatable bonds is 57. The Morgan fingerprint density at radius 1 is 0.414 bits per heavy atom. The highest BCUT2D eigenvalue weighted by atomic mass is 16.5. The topological polar surface area (TPSA) is 95.9 Å². The molecule has 0 aromatic heterocycles. The highest BCUT2D eigenvalue weighted by molar-refractivity contribution is 5.77. The van der Waals surface area contributed by atoms with Gasteiger partial charge in [0, 0.05) is 6.42 Å². The van der Waals surface area contributed by atoms with E-state index in [0.29, 0.717) is 19.3 Å². The van der Waals surface area contributed by atoms with Crippen molar-refractivity contribution in [3.05, 3.63) is 36.5 Å². The third kappa shape index (κ3) is 52.4. The lowest BCUT2D eigenvalue weighted by atomic mass is 10.0. The third-order valence-corrected chi connectivity index (χ3v) is 14.4. The first-order chi connectivity index (χ1) is 34.5. The van der Waals surface area contributed by atoms with Crippen molar-refractivity contribution in [1.82, 2.24) is 5.32 Å². The number of carbonyl (C=O) groups excluding carboxylic acids is 2. The molecule has 0 saturated heterocycles. The maximum atomic E-state index is 13.3. The van der Waals surface area contributed by atoms with E-state index in [1.165, 1.54) is 231 Å². The summed E-state index contributed by atoms with van der Waals surface area (Å²) in [7, 11) is 0. The van der Waals surface area contributed by atoms with Crippen molar-refractivity contribution in [3.63, 3.8) is 0 Å². The first-order valence-electron chi connectivity index (χ1n) is 31.2. The van der Waals surface area contributed by atoms with Gasteiger partial charge in [0.2, 0.25) is 5.91 Å². The van der Waals surface area contributed by atoms with Gasteiger partial charge in [-0.25, -0.2) is 0 Å². The highest BCUT2D eigenvalue weighted by Gasteiger charge is 2.24. The van der Waals surface area contributed by atoms with Gasteiger partial charge in [0.05, 0.1) is 25.2 Å². The smallest absolute Gasteiger partial charge is 0.306 e. The van der Waals surface area contributed by atoms with Crippen molar-refractivity contribution in [2.45, 2.75) is 354 Å². The van der Waals surface area contributed by atoms with E-state index >= 15 is 0 Å². The second kappa shape index (κ2) is 58.0. The Bertz CT molecular complexity index is 1150. The predicted octanol–water partition coefficient (Wildman–Crippen LogP) is 19.6. The Morgan fingerprint density at radius 2 is 0.729 bits per heavy atom. The molecule has 0 aliphatic rings. The van der Waals surface area contributed by atoms with E-state index in [0.717, 1.165) is 57.8 Å². The third-order valence-electron chi connectivity index (χ3n) is 14.4. The molecule has 3 unspecified atom stereocenters. The summed E-state index contributed by atoms with van der Waals surface area (Å²) in [5.74, 6) is -0.464. The van der Waals surface area contributed by atoms with Crippen LogP contribution in [0, 0.1) is 0 Å². The normalized spacial score (nSPS) is 13.3. The standard InChI is InChI=1S/C64H121NO5/c1-4-7-10-13-16-19-22-25-28-30-31-33-36-39-42-45-48-51-54-57-64(69)70-60(55-52-49-46-43-40-37-35-32-29-26-23-20-17-14-11-8-5-2)58-63(68)65-61(59-66)62(67)56-53-50-47-44-41-38-34-27-24-21-18-15-12-9-6-3/h16,19,25-26,28-29,60-62,66-67H,4-15,17-18,20-24,27,30-59H2,1-3H3,(H,65,68)/b19-16-,28-25-,29-26+. The van der Waals surface area contributed by atoms with E-state index in [2.05, 4.69) is 62.5 Å². The van der Waals surface area contributed by atoms with Crippen molar-refractivity contribution >= 4 is 11.9 Å². The molecule has 70 heavy (non-hydrogen) atoms. The molecule has 0 bridgehead atoms. The summed E-state index contributed by atoms with van der Waals surface area (Å²) >= 11 is 0. The monoisotopic (exact) mass is 984 g/mol. The molecule has 0 aliphatic heterocycles. The van der Waals surface area contributed by atoms with Gasteiger partial charge in [0.25, 0.3) is 0 Å². The fourth-order valence-electron chi connectivity index (χ4n) is 9.69. The number of carbonyl (C=O) groups is 2. The van der Waals surface area contributed by atoms with Gasteiger partial charge in [-0.1, -0.05) is 276 Å². The molecular weight excluding hydrogens is 863 g/mol. The van der Waals surface area contributed by atoms with Crippen LogP contribution in [-0.2, 0) is 14.3 Å². The Labute approximate surface area is 436 Å². The second-order valence-electron chi connectivity index (χ2n) is 21.5. The number of amides is 1. The van der Waals surface area contributed by atoms with Crippen LogP contribution in [-0.4, -0.2) is 46.9 Å². The number of unbranched alkanes of at least 4 members (excludes halogenated alkanes) is 39. The highest BCUT2D eigenvalue weighted by Crippen LogP contribution is 2.19. The maximum absolute atomic E-state index is 13.3. The quantitative estimate of drug-likeness (QED) is 0.0321. The molecule has 0 radical (unpaired) electrons. The van der Waals surface area contributed by atoms with Crippen molar-refractivity contribution in [1.29, 1.82) is 0 Å². The number of allylic oxidation sites excluding steroid dienone is 6. The summed E-state index contributed by atoms with van der Waals surface area (Å²) in [4.78, 5) is 26.4. The van der Waals surface area contributed by atoms with Crippen molar-refractivity contribution in [3.8, 4) is 0 Å². The fourth-order valence-corrected chi connectivity index (χ4v) is 9.69. The molecule has 3 atom stereocenters. The number of aliphatic hydroxyl groups is 2. The van der Waals surface area contributed by atoms with Gasteiger partial charge in [-0.05, 0) is 83.5 Å². The lowest BCUT2D eigenvalue weighted by Gasteiger charge is -2.24. The molecule has 3 N–H and O–H groups in total. The molecule has 0 aromatic carbocycles. The molecule has 0 rings (SSSR count). The number of hydrogen-bond donors (Lipinski definition) is 3. The predicted molar refractivity (Wildman–Crippen MR) is 306 cm³/mol. The molecular formula is C64H121NO5. The minimum absolute atomic E-state index is 0.0765. The van der Waals surface area contributed by atoms with Crippen LogP contribution in [0.15, 0.2) is 36.5 Å². The molecule has 412 valence electrons. The summed E-state index contributed by atoms with van der Waals surface area (Å²) in [5.41, 5.74) is 0. The van der Waals surface area contributed by atoms with E-state index in [9.17, 15) is 19.8 Å². The molecule has 0 spiro atoms. The Kier molecular flexibility index (Phi) is 56.4. The minimum atomic E-state index is -0.789. The van der Waals surface area contributed by atoms with Gasteiger partial charge < -0.3 is 20.3 Å². The van der Waals surface area contributed by atoms with Crippen LogP contribution in [0.3, 0.4) is 0 Å². The summed E-state index contributed by atoms with van der Waals surface area (Å²) < 4.78 is 5.98. The summed E-state index contributed by atoms with van der Waals surface area (Å²) in [6, 6.07) is -0.703. The van der Waals surface area contributed by atoms with E-state index < -0.39 is 18.2 Å². The van der Waals surface area contributed by atoms with Gasteiger partial charge >= 0.3 is 5.97 Å². The first kappa shape index (κ1) is 68.1. The number of esters is 1. The fraction of sp³-hybridized carbons (Fsp3) is 0.875. The van der Waals surface area contributed by atoms with Crippen LogP contribution < -0.4 is 5.32 Å². The largest absolute Gasteiger partial charge is 0.462 e. The first-order valence-corrected chi connectivity index (χ1v) is 31.2. The second-order valence-corrected chi connectivity index (χ2v) is 21.5. The number of ether oxygens (including phenoxy) is 1. The van der Waals surface area contributed by atoms with E-state index in [4.69, 9.17) is 4.74 Å². The minimum Gasteiger partial charge on any atom is -0.462 e. The zero-order chi connectivity index (χ0) is 50.9. The van der Waals surface area contributed by atoms with E-state index in [1.807, 2.05) is 0 Å². The molecule has 0 heterocycles. The zero-order valence-electron chi connectivity index (χ0n) is 47.2. The summed E-state index contributed by atoms with van der Waals surface area (Å²) in [6.07, 6.45) is 70.7. The van der Waals surface area contributed by atoms with Crippen LogP contribution in [0.2, 0.25) is 0 Å². The van der Waals surface area contributed by atoms with Crippen LogP contribution in [0.4, 0.5) is 0 Å².